The van der Waals surface area contributed by atoms with Crippen molar-refractivity contribution in [3.63, 3.8) is 0 Å². The van der Waals surface area contributed by atoms with E-state index in [0.29, 0.717) is 53.7 Å². The molecule has 0 amide bonds. The van der Waals surface area contributed by atoms with E-state index in [4.69, 9.17) is 4.74 Å². The largest absolute Gasteiger partial charge is 0.497 e. The van der Waals surface area contributed by atoms with E-state index < -0.39 is 29.8 Å². The van der Waals surface area contributed by atoms with Crippen molar-refractivity contribution >= 4 is 16.9 Å². The molecule has 0 bridgehead atoms. The lowest BCUT2D eigenvalue weighted by Crippen LogP contribution is -2.44. The number of benzene rings is 2. The molecule has 1 saturated heterocycles. The van der Waals surface area contributed by atoms with Crippen LogP contribution < -0.4 is 4.74 Å². The zero-order valence-corrected chi connectivity index (χ0v) is 20.8. The summed E-state index contributed by atoms with van der Waals surface area (Å²) in [5.41, 5.74) is 0.900. The highest BCUT2D eigenvalue weighted by atomic mass is 19.4. The molecular weight excluding hydrogens is 500 g/mol. The number of methoxy groups -OCH3 is 1. The van der Waals surface area contributed by atoms with Crippen LogP contribution in [0.3, 0.4) is 0 Å². The third kappa shape index (κ3) is 6.62. The Morgan fingerprint density at radius 2 is 1.97 bits per heavy atom. The summed E-state index contributed by atoms with van der Waals surface area (Å²) >= 11 is 0. The number of alkyl halides is 4. The van der Waals surface area contributed by atoms with Gasteiger partial charge in [-0.2, -0.15) is 13.2 Å². The molecule has 0 saturated carbocycles. The molecule has 4 rings (SSSR count). The molecule has 200 valence electrons. The first-order chi connectivity index (χ1) is 18.2. The normalized spacial score (nSPS) is 19.0. The lowest BCUT2D eigenvalue weighted by Gasteiger charge is -2.35. The number of fused-ring (bicyclic) bond motifs is 1. The predicted molar refractivity (Wildman–Crippen MR) is 135 cm³/mol. The van der Waals surface area contributed by atoms with Crippen molar-refractivity contribution in [2.24, 2.45) is 11.8 Å². The van der Waals surface area contributed by atoms with E-state index in [0.717, 1.165) is 12.1 Å². The number of pyridine rings is 1. The number of carboxylic acid groups (broad SMARTS) is 1. The quantitative estimate of drug-likeness (QED) is 0.295. The lowest BCUT2D eigenvalue weighted by atomic mass is 9.81. The first-order valence-electron chi connectivity index (χ1n) is 12.3. The van der Waals surface area contributed by atoms with Crippen LogP contribution in [0.4, 0.5) is 17.6 Å². The number of halogens is 4. The van der Waals surface area contributed by atoms with Gasteiger partial charge in [-0.05, 0) is 85.8 Å². The van der Waals surface area contributed by atoms with Crippen molar-refractivity contribution in [2.45, 2.75) is 31.6 Å². The Balaban J connectivity index is 1.35. The molecule has 5 nitrogen and oxygen atoms in total. The Labute approximate surface area is 218 Å². The van der Waals surface area contributed by atoms with E-state index in [1.54, 1.807) is 37.6 Å². The van der Waals surface area contributed by atoms with Crippen LogP contribution in [0.5, 0.6) is 5.75 Å². The number of carbonyl (C=O) groups is 1. The van der Waals surface area contributed by atoms with E-state index in [1.807, 2.05) is 4.90 Å². The number of hydrogen-bond donors (Lipinski definition) is 1. The average Bonchev–Trinajstić information content (AvgIpc) is 2.91. The Morgan fingerprint density at radius 1 is 1.21 bits per heavy atom. The van der Waals surface area contributed by atoms with Crippen molar-refractivity contribution in [3.05, 3.63) is 71.4 Å². The van der Waals surface area contributed by atoms with Crippen molar-refractivity contribution in [1.29, 1.82) is 0 Å². The molecule has 3 atom stereocenters. The van der Waals surface area contributed by atoms with E-state index in [9.17, 15) is 23.1 Å². The summed E-state index contributed by atoms with van der Waals surface area (Å²) in [6, 6.07) is 11.6. The predicted octanol–water partition coefficient (Wildman–Crippen LogP) is 6.13. The van der Waals surface area contributed by atoms with E-state index in [2.05, 4.69) is 16.8 Å². The van der Waals surface area contributed by atoms with Gasteiger partial charge in [-0.3, -0.25) is 14.7 Å². The Bertz CT molecular complexity index is 1330. The highest BCUT2D eigenvalue weighted by Crippen LogP contribution is 2.35. The molecule has 9 heteroatoms. The van der Waals surface area contributed by atoms with Crippen LogP contribution in [0.1, 0.15) is 42.1 Å². The maximum Gasteiger partial charge on any atom is 0.416 e. The van der Waals surface area contributed by atoms with Crippen LogP contribution in [-0.2, 0) is 11.0 Å². The summed E-state index contributed by atoms with van der Waals surface area (Å²) in [6.07, 6.45) is -2.88. The number of nitrogens with zero attached hydrogens (tertiary/aromatic N) is 2. The average molecular weight is 529 g/mol. The van der Waals surface area contributed by atoms with Crippen LogP contribution in [-0.4, -0.2) is 47.7 Å². The van der Waals surface area contributed by atoms with Crippen LogP contribution in [0, 0.1) is 23.7 Å². The SMILES string of the molecule is COc1ccc2nccc([C@@H](F)CC[C@@H]3CCN(CC#Cc4ccc(C(F)(F)F)cc4)C[C@@H]3C(=O)O)c2c1. The topological polar surface area (TPSA) is 62.7 Å². The van der Waals surface area contributed by atoms with Gasteiger partial charge in [0.15, 0.2) is 0 Å². The number of piperidine rings is 1. The Kier molecular flexibility index (Phi) is 8.52. The fraction of sp³-hybridized carbons (Fsp3) is 0.379. The van der Waals surface area contributed by atoms with Gasteiger partial charge in [0, 0.05) is 23.7 Å². The minimum atomic E-state index is -4.40. The van der Waals surface area contributed by atoms with E-state index >= 15 is 4.39 Å². The Hall–Kier alpha value is -3.64. The molecule has 3 aromatic rings. The molecule has 1 aromatic heterocycles. The molecule has 0 unspecified atom stereocenters. The van der Waals surface area contributed by atoms with Gasteiger partial charge in [0.05, 0.1) is 30.7 Å². The first-order valence-corrected chi connectivity index (χ1v) is 12.3. The summed E-state index contributed by atoms with van der Waals surface area (Å²) in [6.45, 7) is 1.20. The number of carboxylic acids is 1. The van der Waals surface area contributed by atoms with Gasteiger partial charge in [0.1, 0.15) is 11.9 Å². The van der Waals surface area contributed by atoms with Gasteiger partial charge in [0.25, 0.3) is 0 Å². The third-order valence-corrected chi connectivity index (χ3v) is 7.02. The standard InChI is InChI=1S/C29H28F4N2O3/c1-38-22-9-11-27-24(17-22)23(12-14-34-27)26(30)10-6-20-13-16-35(18-25(20)28(36)37)15-2-3-19-4-7-21(8-5-19)29(31,32)33/h4-5,7-9,11-12,14,17,20,25-26H,6,10,13,15-16,18H2,1H3,(H,36,37)/t20-,25+,26+/m1/s1. The molecule has 2 heterocycles. The van der Waals surface area contributed by atoms with Gasteiger partial charge < -0.3 is 9.84 Å². The second kappa shape index (κ2) is 11.8. The maximum absolute atomic E-state index is 15.4. The summed E-state index contributed by atoms with van der Waals surface area (Å²) < 4.78 is 58.7. The fourth-order valence-corrected chi connectivity index (χ4v) is 4.90. The third-order valence-electron chi connectivity index (χ3n) is 7.02. The molecule has 0 spiro atoms. The molecule has 1 N–H and O–H groups in total. The molecule has 0 aliphatic carbocycles. The fourth-order valence-electron chi connectivity index (χ4n) is 4.90. The van der Waals surface area contributed by atoms with Crippen LogP contribution >= 0.6 is 0 Å². The lowest BCUT2D eigenvalue weighted by molar-refractivity contribution is -0.146. The summed E-state index contributed by atoms with van der Waals surface area (Å²) in [5, 5.41) is 10.5. The van der Waals surface area contributed by atoms with Gasteiger partial charge in [0.2, 0.25) is 0 Å². The highest BCUT2D eigenvalue weighted by molar-refractivity contribution is 5.83. The minimum Gasteiger partial charge on any atom is -0.497 e. The van der Waals surface area contributed by atoms with Crippen molar-refractivity contribution in [3.8, 4) is 17.6 Å². The molecule has 38 heavy (non-hydrogen) atoms. The minimum absolute atomic E-state index is 0.174. The second-order valence-corrected chi connectivity index (χ2v) is 9.43. The van der Waals surface area contributed by atoms with Gasteiger partial charge in [-0.1, -0.05) is 11.8 Å². The molecular formula is C29H28F4N2O3. The zero-order chi connectivity index (χ0) is 27.3. The number of rotatable bonds is 7. The van der Waals surface area contributed by atoms with E-state index in [1.165, 1.54) is 12.1 Å². The van der Waals surface area contributed by atoms with Crippen LogP contribution in [0.25, 0.3) is 10.9 Å². The van der Waals surface area contributed by atoms with Crippen LogP contribution in [0.2, 0.25) is 0 Å². The molecule has 1 aliphatic rings. The highest BCUT2D eigenvalue weighted by Gasteiger charge is 2.34. The van der Waals surface area contributed by atoms with Gasteiger partial charge in [-0.15, -0.1) is 0 Å². The summed E-state index contributed by atoms with van der Waals surface area (Å²) in [4.78, 5) is 18.2. The Morgan fingerprint density at radius 3 is 2.66 bits per heavy atom. The molecule has 2 aromatic carbocycles. The second-order valence-electron chi connectivity index (χ2n) is 9.43. The summed E-state index contributed by atoms with van der Waals surface area (Å²) in [5.74, 6) is 4.62. The number of ether oxygens (including phenoxy) is 1. The summed E-state index contributed by atoms with van der Waals surface area (Å²) in [7, 11) is 1.54. The number of likely N-dealkylation sites (tertiary alicyclic amines) is 1. The number of aromatic nitrogens is 1. The zero-order valence-electron chi connectivity index (χ0n) is 20.8. The maximum atomic E-state index is 15.4. The van der Waals surface area contributed by atoms with E-state index in [-0.39, 0.29) is 18.9 Å². The van der Waals surface area contributed by atoms with Gasteiger partial charge in [-0.25, -0.2) is 4.39 Å². The van der Waals surface area contributed by atoms with Gasteiger partial charge >= 0.3 is 12.1 Å². The van der Waals surface area contributed by atoms with Crippen molar-refractivity contribution in [1.82, 2.24) is 9.88 Å². The van der Waals surface area contributed by atoms with Crippen LogP contribution in [0.15, 0.2) is 54.7 Å². The smallest absolute Gasteiger partial charge is 0.416 e. The first kappa shape index (κ1) is 27.4. The number of hydrogen-bond acceptors (Lipinski definition) is 4. The van der Waals surface area contributed by atoms with Crippen molar-refractivity contribution < 1.29 is 32.2 Å². The molecule has 0 radical (unpaired) electrons. The number of aliphatic carboxylic acids is 1. The monoisotopic (exact) mass is 528 g/mol. The van der Waals surface area contributed by atoms with Crippen molar-refractivity contribution in [2.75, 3.05) is 26.7 Å². The molecule has 1 aliphatic heterocycles. The molecule has 1 fully saturated rings.